The molecule has 0 aliphatic heterocycles. The molecule has 1 aromatic carbocycles. The second kappa shape index (κ2) is 7.28. The maximum atomic E-state index is 11.5. The van der Waals surface area contributed by atoms with Crippen molar-refractivity contribution < 1.29 is 14.6 Å². The van der Waals surface area contributed by atoms with Crippen LogP contribution < -0.4 is 0 Å². The van der Waals surface area contributed by atoms with E-state index >= 15 is 0 Å². The molecule has 1 N–H and O–H groups in total. The lowest BCUT2D eigenvalue weighted by molar-refractivity contribution is 0.0508. The zero-order chi connectivity index (χ0) is 12.5. The summed E-state index contributed by atoms with van der Waals surface area (Å²) in [5.74, 6) is -0.551. The summed E-state index contributed by atoms with van der Waals surface area (Å²) in [7, 11) is 0. The average molecular weight is 232 g/mol. The fraction of sp³-hybridized carbons (Fsp3) is 0.214. The van der Waals surface area contributed by atoms with Crippen molar-refractivity contribution in [1.82, 2.24) is 0 Å². The Labute approximate surface area is 101 Å². The first kappa shape index (κ1) is 13.0. The molecule has 0 atom stereocenters. The number of hydrogen-bond donors (Lipinski definition) is 1. The number of carbonyl (C=O) groups is 1. The third kappa shape index (κ3) is 4.55. The van der Waals surface area contributed by atoms with Gasteiger partial charge < -0.3 is 9.84 Å². The second-order valence-electron chi connectivity index (χ2n) is 3.40. The first-order chi connectivity index (χ1) is 8.25. The SMILES string of the molecule is CC=CC=CCCOC(=O)c1ccccc1O. The number of allylic oxidation sites excluding steroid dienone is 3. The van der Waals surface area contributed by atoms with E-state index in [0.717, 1.165) is 0 Å². The zero-order valence-corrected chi connectivity index (χ0v) is 9.80. The Morgan fingerprint density at radius 3 is 2.82 bits per heavy atom. The minimum Gasteiger partial charge on any atom is -0.507 e. The van der Waals surface area contributed by atoms with Gasteiger partial charge in [0.1, 0.15) is 11.3 Å². The predicted octanol–water partition coefficient (Wildman–Crippen LogP) is 3.07. The van der Waals surface area contributed by atoms with Crippen molar-refractivity contribution in [2.45, 2.75) is 13.3 Å². The van der Waals surface area contributed by atoms with Crippen LogP contribution in [-0.4, -0.2) is 17.7 Å². The van der Waals surface area contributed by atoms with Gasteiger partial charge in [-0.3, -0.25) is 0 Å². The Hall–Kier alpha value is -2.03. The number of rotatable bonds is 5. The Morgan fingerprint density at radius 1 is 1.35 bits per heavy atom. The number of aromatic hydroxyl groups is 1. The van der Waals surface area contributed by atoms with Gasteiger partial charge in [0, 0.05) is 0 Å². The highest BCUT2D eigenvalue weighted by molar-refractivity contribution is 5.92. The molecule has 0 aliphatic rings. The molecule has 1 rings (SSSR count). The van der Waals surface area contributed by atoms with Gasteiger partial charge in [0.25, 0.3) is 0 Å². The van der Waals surface area contributed by atoms with Crippen molar-refractivity contribution in [3.05, 3.63) is 54.1 Å². The summed E-state index contributed by atoms with van der Waals surface area (Å²) in [6.45, 7) is 2.24. The Bertz CT molecular complexity index is 419. The topological polar surface area (TPSA) is 46.5 Å². The lowest BCUT2D eigenvalue weighted by Gasteiger charge is -2.04. The van der Waals surface area contributed by atoms with Gasteiger partial charge in [-0.2, -0.15) is 0 Å². The van der Waals surface area contributed by atoms with Gasteiger partial charge in [-0.05, 0) is 25.5 Å². The monoisotopic (exact) mass is 232 g/mol. The molecule has 1 aromatic rings. The highest BCUT2D eigenvalue weighted by Gasteiger charge is 2.10. The highest BCUT2D eigenvalue weighted by atomic mass is 16.5. The quantitative estimate of drug-likeness (QED) is 0.482. The number of ether oxygens (including phenoxy) is 1. The van der Waals surface area contributed by atoms with Crippen molar-refractivity contribution in [3.63, 3.8) is 0 Å². The fourth-order valence-corrected chi connectivity index (χ4v) is 1.23. The van der Waals surface area contributed by atoms with Gasteiger partial charge in [-0.1, -0.05) is 36.4 Å². The molecular formula is C14H16O3. The second-order valence-corrected chi connectivity index (χ2v) is 3.40. The van der Waals surface area contributed by atoms with E-state index in [1.165, 1.54) is 12.1 Å². The van der Waals surface area contributed by atoms with Crippen molar-refractivity contribution in [1.29, 1.82) is 0 Å². The first-order valence-corrected chi connectivity index (χ1v) is 5.48. The van der Waals surface area contributed by atoms with Gasteiger partial charge in [0.2, 0.25) is 0 Å². The molecule has 0 radical (unpaired) electrons. The van der Waals surface area contributed by atoms with Gasteiger partial charge in [-0.25, -0.2) is 4.79 Å². The normalized spacial score (nSPS) is 11.1. The van der Waals surface area contributed by atoms with Crippen LogP contribution in [0, 0.1) is 0 Å². The predicted molar refractivity (Wildman–Crippen MR) is 67.0 cm³/mol. The van der Waals surface area contributed by atoms with Crippen LogP contribution in [0.3, 0.4) is 0 Å². The molecule has 0 heterocycles. The van der Waals surface area contributed by atoms with Crippen molar-refractivity contribution in [3.8, 4) is 5.75 Å². The van der Waals surface area contributed by atoms with Crippen LogP contribution in [0.4, 0.5) is 0 Å². The summed E-state index contributed by atoms with van der Waals surface area (Å²) in [6, 6.07) is 6.34. The Balaban J connectivity index is 2.38. The lowest BCUT2D eigenvalue weighted by atomic mass is 10.2. The molecular weight excluding hydrogens is 216 g/mol. The number of esters is 1. The molecule has 0 aromatic heterocycles. The standard InChI is InChI=1S/C14H16O3/c1-2-3-4-5-8-11-17-14(16)12-9-6-7-10-13(12)15/h2-7,9-10,15H,8,11H2,1H3. The molecule has 0 bridgehead atoms. The zero-order valence-electron chi connectivity index (χ0n) is 9.80. The number of hydrogen-bond acceptors (Lipinski definition) is 3. The highest BCUT2D eigenvalue weighted by Crippen LogP contribution is 2.16. The van der Waals surface area contributed by atoms with E-state index in [2.05, 4.69) is 0 Å². The van der Waals surface area contributed by atoms with Crippen LogP contribution in [-0.2, 0) is 4.74 Å². The number of phenols is 1. The van der Waals surface area contributed by atoms with Crippen LogP contribution in [0.2, 0.25) is 0 Å². The number of para-hydroxylation sites is 1. The van der Waals surface area contributed by atoms with E-state index in [-0.39, 0.29) is 11.3 Å². The third-order valence-corrected chi connectivity index (χ3v) is 2.08. The molecule has 0 spiro atoms. The molecule has 0 amide bonds. The summed E-state index contributed by atoms with van der Waals surface area (Å²) < 4.78 is 5.01. The summed E-state index contributed by atoms with van der Waals surface area (Å²) in [4.78, 5) is 11.5. The van der Waals surface area contributed by atoms with Crippen LogP contribution in [0.15, 0.2) is 48.6 Å². The minimum atomic E-state index is -0.498. The summed E-state index contributed by atoms with van der Waals surface area (Å²) >= 11 is 0. The summed E-state index contributed by atoms with van der Waals surface area (Å²) in [6.07, 6.45) is 8.30. The van der Waals surface area contributed by atoms with E-state index in [1.807, 2.05) is 31.2 Å². The molecule has 0 saturated heterocycles. The van der Waals surface area contributed by atoms with Gasteiger partial charge in [-0.15, -0.1) is 0 Å². The first-order valence-electron chi connectivity index (χ1n) is 5.48. The molecule has 0 fully saturated rings. The molecule has 0 aliphatic carbocycles. The fourth-order valence-electron chi connectivity index (χ4n) is 1.23. The van der Waals surface area contributed by atoms with Crippen molar-refractivity contribution >= 4 is 5.97 Å². The number of phenolic OH excluding ortho intramolecular Hbond substituents is 1. The third-order valence-electron chi connectivity index (χ3n) is 2.08. The van der Waals surface area contributed by atoms with E-state index in [1.54, 1.807) is 12.1 Å². The molecule has 90 valence electrons. The van der Waals surface area contributed by atoms with Crippen LogP contribution in [0.1, 0.15) is 23.7 Å². The van der Waals surface area contributed by atoms with Crippen molar-refractivity contribution in [2.75, 3.05) is 6.61 Å². The summed E-state index contributed by atoms with van der Waals surface area (Å²) in [5, 5.41) is 9.43. The average Bonchev–Trinajstić information content (AvgIpc) is 2.34. The van der Waals surface area contributed by atoms with E-state index in [0.29, 0.717) is 13.0 Å². The molecule has 0 saturated carbocycles. The smallest absolute Gasteiger partial charge is 0.341 e. The lowest BCUT2D eigenvalue weighted by Crippen LogP contribution is -2.06. The van der Waals surface area contributed by atoms with Gasteiger partial charge in [0.05, 0.1) is 6.61 Å². The molecule has 3 nitrogen and oxygen atoms in total. The maximum Gasteiger partial charge on any atom is 0.341 e. The molecule has 3 heteroatoms. The Kier molecular flexibility index (Phi) is 5.58. The van der Waals surface area contributed by atoms with Crippen molar-refractivity contribution in [2.24, 2.45) is 0 Å². The van der Waals surface area contributed by atoms with E-state index < -0.39 is 5.97 Å². The molecule has 0 unspecified atom stereocenters. The number of carbonyl (C=O) groups excluding carboxylic acids is 1. The van der Waals surface area contributed by atoms with Gasteiger partial charge in [0.15, 0.2) is 0 Å². The largest absolute Gasteiger partial charge is 0.507 e. The maximum absolute atomic E-state index is 11.5. The van der Waals surface area contributed by atoms with Crippen LogP contribution in [0.5, 0.6) is 5.75 Å². The molecule has 17 heavy (non-hydrogen) atoms. The minimum absolute atomic E-state index is 0.0537. The summed E-state index contributed by atoms with van der Waals surface area (Å²) in [5.41, 5.74) is 0.199. The van der Waals surface area contributed by atoms with Crippen LogP contribution >= 0.6 is 0 Å². The van der Waals surface area contributed by atoms with E-state index in [4.69, 9.17) is 4.74 Å². The Morgan fingerprint density at radius 2 is 2.12 bits per heavy atom. The van der Waals surface area contributed by atoms with Crippen LogP contribution in [0.25, 0.3) is 0 Å². The number of benzene rings is 1. The van der Waals surface area contributed by atoms with Gasteiger partial charge >= 0.3 is 5.97 Å². The van der Waals surface area contributed by atoms with E-state index in [9.17, 15) is 9.90 Å².